The monoisotopic (exact) mass is 458 g/mol. The molecule has 2 heterocycles. The summed E-state index contributed by atoms with van der Waals surface area (Å²) in [5.74, 6) is -0.0309. The van der Waals surface area contributed by atoms with Crippen molar-refractivity contribution in [3.8, 4) is 0 Å². The number of nitrogens with zero attached hydrogens (tertiary/aromatic N) is 2. The van der Waals surface area contributed by atoms with Gasteiger partial charge in [-0.15, -0.1) is 0 Å². The highest BCUT2D eigenvalue weighted by molar-refractivity contribution is 9.10. The molecule has 0 N–H and O–H groups in total. The van der Waals surface area contributed by atoms with Gasteiger partial charge < -0.3 is 4.90 Å². The van der Waals surface area contributed by atoms with Crippen LogP contribution in [0.5, 0.6) is 0 Å². The molecule has 3 rings (SSSR count). The largest absolute Gasteiger partial charge is 0.315 e. The van der Waals surface area contributed by atoms with Crippen LogP contribution in [-0.2, 0) is 14.6 Å². The number of aryl methyl sites for hydroxylation is 2. The van der Waals surface area contributed by atoms with Crippen molar-refractivity contribution < 1.29 is 13.2 Å². The Morgan fingerprint density at radius 3 is 2.54 bits per heavy atom. The van der Waals surface area contributed by atoms with E-state index in [-0.39, 0.29) is 34.6 Å². The summed E-state index contributed by atoms with van der Waals surface area (Å²) in [6.45, 7) is 7.84. The predicted molar refractivity (Wildman–Crippen MR) is 112 cm³/mol. The van der Waals surface area contributed by atoms with Gasteiger partial charge >= 0.3 is 0 Å². The topological polar surface area (TPSA) is 66.8 Å². The number of benzene rings is 1. The van der Waals surface area contributed by atoms with Crippen LogP contribution in [0.1, 0.15) is 31.4 Å². The summed E-state index contributed by atoms with van der Waals surface area (Å²) in [4.78, 5) is 18.8. The molecule has 2 aliphatic rings. The first-order valence-electron chi connectivity index (χ1n) is 8.68. The van der Waals surface area contributed by atoms with E-state index in [1.54, 1.807) is 0 Å². The molecule has 26 heavy (non-hydrogen) atoms. The number of hydrogen-bond donors (Lipinski definition) is 0. The van der Waals surface area contributed by atoms with Gasteiger partial charge in [0, 0.05) is 21.3 Å². The molecule has 2 aliphatic heterocycles. The number of amidine groups is 1. The third-order valence-electron chi connectivity index (χ3n) is 5.00. The molecule has 0 radical (unpaired) electrons. The molecule has 1 aromatic carbocycles. The first-order valence-corrected chi connectivity index (χ1v) is 12.2. The van der Waals surface area contributed by atoms with E-state index in [0.29, 0.717) is 5.17 Å². The molecule has 0 saturated carbocycles. The second-order valence-electron chi connectivity index (χ2n) is 7.10. The Bertz CT molecular complexity index is 859. The standard InChI is InChI=1S/C18H23BrN2O3S2/c1-5-10(2)17(22)20-18-21(14-8-26(23,24)9-15(14)25-18)16-11(3)6-13(19)7-12(16)4/h6-7,10,14-15H,5,8-9H2,1-4H3/t10-,14-,15-/m0/s1. The molecule has 0 spiro atoms. The molecular weight excluding hydrogens is 436 g/mol. The van der Waals surface area contributed by atoms with Crippen molar-refractivity contribution in [3.63, 3.8) is 0 Å². The first kappa shape index (κ1) is 19.9. The number of fused-ring (bicyclic) bond motifs is 1. The SMILES string of the molecule is CC[C@H](C)C(=O)N=C1S[C@H]2CS(=O)(=O)C[C@@H]2N1c1c(C)cc(Br)cc1C. The molecule has 0 bridgehead atoms. The number of amides is 1. The molecule has 2 saturated heterocycles. The molecule has 0 aliphatic carbocycles. The fourth-order valence-corrected chi connectivity index (χ4v) is 8.08. The van der Waals surface area contributed by atoms with E-state index in [1.807, 2.05) is 44.7 Å². The normalized spacial score (nSPS) is 27.0. The zero-order valence-corrected chi connectivity index (χ0v) is 18.5. The molecule has 3 atom stereocenters. The molecule has 0 unspecified atom stereocenters. The van der Waals surface area contributed by atoms with Crippen molar-refractivity contribution in [2.75, 3.05) is 16.4 Å². The second-order valence-corrected chi connectivity index (χ2v) is 11.4. The van der Waals surface area contributed by atoms with Crippen LogP contribution in [0, 0.1) is 19.8 Å². The summed E-state index contributed by atoms with van der Waals surface area (Å²) >= 11 is 4.94. The molecule has 142 valence electrons. The van der Waals surface area contributed by atoms with Crippen molar-refractivity contribution in [2.45, 2.75) is 45.4 Å². The maximum absolute atomic E-state index is 12.4. The van der Waals surface area contributed by atoms with Gasteiger partial charge in [0.1, 0.15) is 0 Å². The van der Waals surface area contributed by atoms with Crippen molar-refractivity contribution in [2.24, 2.45) is 10.9 Å². The van der Waals surface area contributed by atoms with Crippen LogP contribution in [0.3, 0.4) is 0 Å². The van der Waals surface area contributed by atoms with Gasteiger partial charge in [0.15, 0.2) is 15.0 Å². The lowest BCUT2D eigenvalue weighted by atomic mass is 10.1. The number of halogens is 1. The first-order chi connectivity index (χ1) is 12.1. The van der Waals surface area contributed by atoms with Crippen LogP contribution >= 0.6 is 27.7 Å². The van der Waals surface area contributed by atoms with Crippen molar-refractivity contribution in [3.05, 3.63) is 27.7 Å². The minimum Gasteiger partial charge on any atom is -0.315 e. The third-order valence-corrected chi connectivity index (χ3v) is 8.67. The number of aliphatic imine (C=N–C) groups is 1. The second kappa shape index (κ2) is 7.28. The zero-order chi connectivity index (χ0) is 19.2. The number of thioether (sulfide) groups is 1. The van der Waals surface area contributed by atoms with Gasteiger partial charge in [-0.1, -0.05) is 41.5 Å². The summed E-state index contributed by atoms with van der Waals surface area (Å²) in [7, 11) is -3.06. The number of carbonyl (C=O) groups excluding carboxylic acids is 1. The minimum absolute atomic E-state index is 0.0778. The highest BCUT2D eigenvalue weighted by Crippen LogP contribution is 2.43. The Labute approximate surface area is 167 Å². The summed E-state index contributed by atoms with van der Waals surface area (Å²) in [5.41, 5.74) is 3.03. The molecule has 0 aromatic heterocycles. The summed E-state index contributed by atoms with van der Waals surface area (Å²) in [6, 6.07) is 3.85. The number of rotatable bonds is 3. The van der Waals surface area contributed by atoms with Gasteiger partial charge in [-0.05, 0) is 43.5 Å². The van der Waals surface area contributed by atoms with Crippen molar-refractivity contribution in [1.29, 1.82) is 0 Å². The van der Waals surface area contributed by atoms with Gasteiger partial charge in [0.05, 0.1) is 17.5 Å². The zero-order valence-electron chi connectivity index (χ0n) is 15.3. The van der Waals surface area contributed by atoms with Gasteiger partial charge in [-0.3, -0.25) is 4.79 Å². The Morgan fingerprint density at radius 1 is 1.35 bits per heavy atom. The number of carbonyl (C=O) groups is 1. The third kappa shape index (κ3) is 3.73. The summed E-state index contributed by atoms with van der Waals surface area (Å²) in [5, 5.41) is 0.555. The molecule has 5 nitrogen and oxygen atoms in total. The van der Waals surface area contributed by atoms with E-state index in [2.05, 4.69) is 20.9 Å². The highest BCUT2D eigenvalue weighted by Gasteiger charge is 2.50. The molecule has 2 fully saturated rings. The van der Waals surface area contributed by atoms with Crippen molar-refractivity contribution >= 4 is 54.3 Å². The van der Waals surface area contributed by atoms with E-state index in [4.69, 9.17) is 0 Å². The fourth-order valence-electron chi connectivity index (χ4n) is 3.49. The molecular formula is C18H23BrN2O3S2. The van der Waals surface area contributed by atoms with Crippen LogP contribution in [0.25, 0.3) is 0 Å². The van der Waals surface area contributed by atoms with Gasteiger partial charge in [0.2, 0.25) is 0 Å². The quantitative estimate of drug-likeness (QED) is 0.690. The molecule has 1 aromatic rings. The van der Waals surface area contributed by atoms with Gasteiger partial charge in [0.25, 0.3) is 5.91 Å². The van der Waals surface area contributed by atoms with Crippen LogP contribution in [0.4, 0.5) is 5.69 Å². The average molecular weight is 459 g/mol. The Hall–Kier alpha value is -0.860. The molecule has 1 amide bonds. The van der Waals surface area contributed by atoms with Crippen LogP contribution < -0.4 is 4.90 Å². The Balaban J connectivity index is 2.09. The maximum atomic E-state index is 12.4. The lowest BCUT2D eigenvalue weighted by molar-refractivity contribution is -0.121. The van der Waals surface area contributed by atoms with E-state index in [0.717, 1.165) is 27.7 Å². The predicted octanol–water partition coefficient (Wildman–Crippen LogP) is 3.71. The van der Waals surface area contributed by atoms with E-state index >= 15 is 0 Å². The summed E-state index contributed by atoms with van der Waals surface area (Å²) < 4.78 is 25.3. The van der Waals surface area contributed by atoms with Crippen molar-refractivity contribution in [1.82, 2.24) is 0 Å². The number of sulfone groups is 1. The highest BCUT2D eigenvalue weighted by atomic mass is 79.9. The molecule has 8 heteroatoms. The Kier molecular flexibility index (Phi) is 5.57. The van der Waals surface area contributed by atoms with Gasteiger partial charge in [-0.2, -0.15) is 4.99 Å². The van der Waals surface area contributed by atoms with E-state index in [1.165, 1.54) is 11.8 Å². The van der Waals surface area contributed by atoms with Crippen LogP contribution in [0.2, 0.25) is 0 Å². The van der Waals surface area contributed by atoms with Gasteiger partial charge in [-0.25, -0.2) is 8.42 Å². The van der Waals surface area contributed by atoms with E-state index < -0.39 is 9.84 Å². The average Bonchev–Trinajstić information content (AvgIpc) is 2.98. The lowest BCUT2D eigenvalue weighted by Gasteiger charge is -2.28. The fraction of sp³-hybridized carbons (Fsp3) is 0.556. The van der Waals surface area contributed by atoms with Crippen LogP contribution in [-0.4, -0.2) is 42.3 Å². The maximum Gasteiger partial charge on any atom is 0.250 e. The lowest BCUT2D eigenvalue weighted by Crippen LogP contribution is -2.38. The summed E-state index contributed by atoms with van der Waals surface area (Å²) in [6.07, 6.45) is 0.734. The van der Waals surface area contributed by atoms with Crippen LogP contribution in [0.15, 0.2) is 21.6 Å². The minimum atomic E-state index is -3.06. The van der Waals surface area contributed by atoms with E-state index in [9.17, 15) is 13.2 Å². The number of hydrogen-bond acceptors (Lipinski definition) is 4. The number of anilines is 1. The smallest absolute Gasteiger partial charge is 0.250 e. The Morgan fingerprint density at radius 2 is 1.96 bits per heavy atom.